The zero-order valence-corrected chi connectivity index (χ0v) is 17.1. The summed E-state index contributed by atoms with van der Waals surface area (Å²) in [7, 11) is 0. The van der Waals surface area contributed by atoms with E-state index in [2.05, 4.69) is 29.6 Å². The molecule has 0 saturated heterocycles. The molecule has 3 rings (SSSR count). The van der Waals surface area contributed by atoms with Crippen molar-refractivity contribution in [2.45, 2.75) is 19.8 Å². The van der Waals surface area contributed by atoms with Gasteiger partial charge in [0.1, 0.15) is 11.5 Å². The Labute approximate surface area is 177 Å². The van der Waals surface area contributed by atoms with Crippen LogP contribution in [0.15, 0.2) is 84.0 Å². The summed E-state index contributed by atoms with van der Waals surface area (Å²) in [6, 6.07) is 24.7. The Balaban J connectivity index is 1.35. The summed E-state index contributed by atoms with van der Waals surface area (Å²) >= 11 is 0. The quantitative estimate of drug-likeness (QED) is 0.299. The Morgan fingerprint density at radius 1 is 0.867 bits per heavy atom. The largest absolute Gasteiger partial charge is 0.493 e. The summed E-state index contributed by atoms with van der Waals surface area (Å²) in [6.45, 7) is 3.32. The van der Waals surface area contributed by atoms with Crippen LogP contribution in [0, 0.1) is 0 Å². The van der Waals surface area contributed by atoms with Gasteiger partial charge < -0.3 is 9.47 Å². The molecule has 5 nitrogen and oxygen atoms in total. The zero-order valence-electron chi connectivity index (χ0n) is 17.1. The third-order valence-electron chi connectivity index (χ3n) is 4.45. The van der Waals surface area contributed by atoms with Gasteiger partial charge in [-0.15, -0.1) is 0 Å². The minimum Gasteiger partial charge on any atom is -0.493 e. The molecule has 1 N–H and O–H groups in total. The molecule has 0 spiro atoms. The molecule has 0 aromatic heterocycles. The lowest BCUT2D eigenvalue weighted by Gasteiger charge is -2.08. The second-order valence-corrected chi connectivity index (χ2v) is 6.68. The average Bonchev–Trinajstić information content (AvgIpc) is 2.81. The number of amides is 1. The van der Waals surface area contributed by atoms with Crippen molar-refractivity contribution in [2.75, 3.05) is 13.2 Å². The van der Waals surface area contributed by atoms with E-state index in [1.807, 2.05) is 54.6 Å². The molecule has 5 heteroatoms. The van der Waals surface area contributed by atoms with Crippen LogP contribution < -0.4 is 14.9 Å². The summed E-state index contributed by atoms with van der Waals surface area (Å²) in [4.78, 5) is 11.9. The Morgan fingerprint density at radius 3 is 2.07 bits per heavy atom. The molecule has 0 aliphatic heterocycles. The molecule has 0 radical (unpaired) electrons. The minimum atomic E-state index is -0.240. The number of nitrogens with one attached hydrogen (secondary N) is 1. The lowest BCUT2D eigenvalue weighted by atomic mass is 10.2. The molecule has 3 aromatic rings. The van der Waals surface area contributed by atoms with Crippen LogP contribution in [-0.4, -0.2) is 25.3 Å². The molecule has 0 bridgehead atoms. The van der Waals surface area contributed by atoms with Gasteiger partial charge in [0.05, 0.1) is 19.4 Å². The normalized spacial score (nSPS) is 10.7. The van der Waals surface area contributed by atoms with Crippen LogP contribution in [0.1, 0.15) is 34.8 Å². The summed E-state index contributed by atoms with van der Waals surface area (Å²) < 4.78 is 11.5. The fourth-order valence-electron chi connectivity index (χ4n) is 2.73. The van der Waals surface area contributed by atoms with Gasteiger partial charge in [0.15, 0.2) is 0 Å². The van der Waals surface area contributed by atoms with E-state index in [1.165, 1.54) is 5.56 Å². The highest BCUT2D eigenvalue weighted by Crippen LogP contribution is 2.14. The number of hydrogen-bond acceptors (Lipinski definition) is 4. The summed E-state index contributed by atoms with van der Waals surface area (Å²) in [5.74, 6) is 1.43. The van der Waals surface area contributed by atoms with E-state index in [0.29, 0.717) is 18.8 Å². The Bertz CT molecular complexity index is 936. The maximum absolute atomic E-state index is 11.9. The predicted octanol–water partition coefficient (Wildman–Crippen LogP) is 4.86. The zero-order chi connectivity index (χ0) is 21.0. The second-order valence-electron chi connectivity index (χ2n) is 6.68. The van der Waals surface area contributed by atoms with Gasteiger partial charge in [0.2, 0.25) is 0 Å². The van der Waals surface area contributed by atoms with Crippen molar-refractivity contribution in [3.05, 3.63) is 95.6 Å². The minimum absolute atomic E-state index is 0.240. The number of nitrogens with zero attached hydrogens (tertiary/aromatic N) is 1. The van der Waals surface area contributed by atoms with Gasteiger partial charge in [0, 0.05) is 12.0 Å². The second kappa shape index (κ2) is 11.4. The molecule has 0 unspecified atom stereocenters. The van der Waals surface area contributed by atoms with Crippen LogP contribution in [0.4, 0.5) is 0 Å². The van der Waals surface area contributed by atoms with Gasteiger partial charge in [-0.05, 0) is 66.1 Å². The molecule has 0 aliphatic rings. The van der Waals surface area contributed by atoms with Crippen molar-refractivity contribution >= 4 is 12.1 Å². The van der Waals surface area contributed by atoms with Gasteiger partial charge in [0.25, 0.3) is 5.91 Å². The number of hydrazone groups is 1. The van der Waals surface area contributed by atoms with Crippen LogP contribution in [0.3, 0.4) is 0 Å². The van der Waals surface area contributed by atoms with Crippen molar-refractivity contribution in [1.82, 2.24) is 5.43 Å². The van der Waals surface area contributed by atoms with Gasteiger partial charge >= 0.3 is 0 Å². The molecule has 1 amide bonds. The van der Waals surface area contributed by atoms with Crippen LogP contribution >= 0.6 is 0 Å². The number of aryl methyl sites for hydroxylation is 1. The fraction of sp³-hybridized carbons (Fsp3) is 0.200. The highest BCUT2D eigenvalue weighted by atomic mass is 16.5. The molecule has 3 aromatic carbocycles. The standard InChI is InChI=1S/C25H26N2O3/c1-2-20-9-13-23(14-10-20)29-17-6-18-30-24-15-11-21(12-16-24)19-26-27-25(28)22-7-4-3-5-8-22/h3-5,7-16,19H,2,6,17-18H2,1H3,(H,27,28)/b26-19+. The van der Waals surface area contributed by atoms with E-state index in [9.17, 15) is 4.79 Å². The Hall–Kier alpha value is -3.60. The van der Waals surface area contributed by atoms with Gasteiger partial charge in [-0.1, -0.05) is 37.3 Å². The van der Waals surface area contributed by atoms with Crippen LogP contribution in [0.2, 0.25) is 0 Å². The molecule has 30 heavy (non-hydrogen) atoms. The van der Waals surface area contributed by atoms with Crippen molar-refractivity contribution in [3.63, 3.8) is 0 Å². The van der Waals surface area contributed by atoms with E-state index in [0.717, 1.165) is 29.9 Å². The third kappa shape index (κ3) is 6.78. The number of benzene rings is 3. The number of hydrogen-bond donors (Lipinski definition) is 1. The topological polar surface area (TPSA) is 59.9 Å². The lowest BCUT2D eigenvalue weighted by Crippen LogP contribution is -2.17. The molecule has 0 heterocycles. The fourth-order valence-corrected chi connectivity index (χ4v) is 2.73. The summed E-state index contributed by atoms with van der Waals surface area (Å²) in [5.41, 5.74) is 5.26. The first kappa shape index (κ1) is 21.1. The number of ether oxygens (including phenoxy) is 2. The highest BCUT2D eigenvalue weighted by molar-refractivity contribution is 5.94. The number of carbonyl (C=O) groups is 1. The van der Waals surface area contributed by atoms with Crippen LogP contribution in [0.5, 0.6) is 11.5 Å². The van der Waals surface area contributed by atoms with E-state index < -0.39 is 0 Å². The molecular formula is C25H26N2O3. The maximum atomic E-state index is 11.9. The smallest absolute Gasteiger partial charge is 0.271 e. The highest BCUT2D eigenvalue weighted by Gasteiger charge is 2.01. The summed E-state index contributed by atoms with van der Waals surface area (Å²) in [5, 5.41) is 3.99. The maximum Gasteiger partial charge on any atom is 0.271 e. The van der Waals surface area contributed by atoms with E-state index in [-0.39, 0.29) is 5.91 Å². The predicted molar refractivity (Wildman–Crippen MR) is 119 cm³/mol. The number of rotatable bonds is 10. The molecule has 154 valence electrons. The van der Waals surface area contributed by atoms with Crippen molar-refractivity contribution in [1.29, 1.82) is 0 Å². The Kier molecular flexibility index (Phi) is 8.03. The van der Waals surface area contributed by atoms with Crippen LogP contribution in [0.25, 0.3) is 0 Å². The van der Waals surface area contributed by atoms with Gasteiger partial charge in [-0.2, -0.15) is 5.10 Å². The molecule has 0 aliphatic carbocycles. The number of carbonyl (C=O) groups excluding carboxylic acids is 1. The summed E-state index contributed by atoms with van der Waals surface area (Å²) in [6.07, 6.45) is 3.42. The van der Waals surface area contributed by atoms with E-state index in [4.69, 9.17) is 9.47 Å². The molecular weight excluding hydrogens is 376 g/mol. The van der Waals surface area contributed by atoms with Gasteiger partial charge in [-0.25, -0.2) is 5.43 Å². The first-order valence-corrected chi connectivity index (χ1v) is 10.1. The first-order chi connectivity index (χ1) is 14.7. The lowest BCUT2D eigenvalue weighted by molar-refractivity contribution is 0.0955. The monoisotopic (exact) mass is 402 g/mol. The first-order valence-electron chi connectivity index (χ1n) is 10.1. The van der Waals surface area contributed by atoms with E-state index in [1.54, 1.807) is 18.3 Å². The average molecular weight is 402 g/mol. The molecule has 0 atom stereocenters. The molecule has 0 saturated carbocycles. The van der Waals surface area contributed by atoms with Crippen molar-refractivity contribution < 1.29 is 14.3 Å². The third-order valence-corrected chi connectivity index (χ3v) is 4.45. The van der Waals surface area contributed by atoms with E-state index >= 15 is 0 Å². The SMILES string of the molecule is CCc1ccc(OCCCOc2ccc(/C=N/NC(=O)c3ccccc3)cc2)cc1. The van der Waals surface area contributed by atoms with Crippen molar-refractivity contribution in [3.8, 4) is 11.5 Å². The van der Waals surface area contributed by atoms with Crippen LogP contribution in [-0.2, 0) is 6.42 Å². The van der Waals surface area contributed by atoms with Crippen molar-refractivity contribution in [2.24, 2.45) is 5.10 Å². The molecule has 0 fully saturated rings. The Morgan fingerprint density at radius 2 is 1.47 bits per heavy atom. The van der Waals surface area contributed by atoms with Gasteiger partial charge in [-0.3, -0.25) is 4.79 Å².